The van der Waals surface area contributed by atoms with E-state index in [2.05, 4.69) is 4.72 Å². The highest BCUT2D eigenvalue weighted by Crippen LogP contribution is 2.26. The minimum absolute atomic E-state index is 0.116. The van der Waals surface area contributed by atoms with Gasteiger partial charge in [-0.3, -0.25) is 4.79 Å². The van der Waals surface area contributed by atoms with Crippen molar-refractivity contribution in [2.75, 3.05) is 20.2 Å². The molecule has 1 heterocycles. The summed E-state index contributed by atoms with van der Waals surface area (Å²) < 4.78 is 34.1. The van der Waals surface area contributed by atoms with Crippen LogP contribution >= 0.6 is 0 Å². The molecule has 1 aromatic carbocycles. The predicted molar refractivity (Wildman–Crippen MR) is 106 cm³/mol. The molecular weight excluding hydrogens is 364 g/mol. The van der Waals surface area contributed by atoms with Crippen molar-refractivity contribution >= 4 is 15.9 Å². The van der Waals surface area contributed by atoms with E-state index in [0.717, 1.165) is 24.8 Å². The summed E-state index contributed by atoms with van der Waals surface area (Å²) in [6.45, 7) is 8.94. The maximum absolute atomic E-state index is 13.1. The zero-order valence-corrected chi connectivity index (χ0v) is 17.9. The fourth-order valence-electron chi connectivity index (χ4n) is 3.53. The molecule has 6 nitrogen and oxygen atoms in total. The van der Waals surface area contributed by atoms with Crippen molar-refractivity contribution in [2.24, 2.45) is 5.92 Å². The number of carbonyl (C=O) groups is 1. The molecule has 1 aliphatic heterocycles. The molecule has 2 rings (SSSR count). The van der Waals surface area contributed by atoms with Crippen molar-refractivity contribution in [1.29, 1.82) is 0 Å². The third-order valence-electron chi connectivity index (χ3n) is 4.95. The largest absolute Gasteiger partial charge is 0.496 e. The molecule has 1 N–H and O–H groups in total. The van der Waals surface area contributed by atoms with Gasteiger partial charge < -0.3 is 9.64 Å². The number of methoxy groups -OCH3 is 1. The van der Waals surface area contributed by atoms with Gasteiger partial charge in [-0.1, -0.05) is 13.8 Å². The van der Waals surface area contributed by atoms with Crippen LogP contribution in [0, 0.1) is 19.8 Å². The lowest BCUT2D eigenvalue weighted by atomic mass is 10.0. The number of hydrogen-bond acceptors (Lipinski definition) is 4. The molecule has 1 atom stereocenters. The molecule has 1 aromatic rings. The van der Waals surface area contributed by atoms with Gasteiger partial charge in [0.1, 0.15) is 11.8 Å². The summed E-state index contributed by atoms with van der Waals surface area (Å²) in [5.41, 5.74) is 1.34. The van der Waals surface area contributed by atoms with Crippen molar-refractivity contribution < 1.29 is 17.9 Å². The highest BCUT2D eigenvalue weighted by molar-refractivity contribution is 7.89. The number of ether oxygens (including phenoxy) is 1. The fraction of sp³-hybridized carbons (Fsp3) is 0.650. The number of benzene rings is 1. The standard InChI is InChI=1S/C20H32N2O4S/c1-14(2)11-17(20(23)22-9-7-6-8-10-22)21-27(24,25)19-13-15(3)18(26-5)12-16(19)4/h12-14,17,21H,6-11H2,1-5H3/t17-/m1/s1. The molecule has 27 heavy (non-hydrogen) atoms. The van der Waals surface area contributed by atoms with E-state index in [1.165, 1.54) is 0 Å². The second-order valence-corrected chi connectivity index (χ2v) is 9.46. The van der Waals surface area contributed by atoms with Crippen LogP contribution in [0.3, 0.4) is 0 Å². The molecule has 0 radical (unpaired) electrons. The first-order valence-corrected chi connectivity index (χ1v) is 11.1. The molecule has 7 heteroatoms. The number of hydrogen-bond donors (Lipinski definition) is 1. The minimum Gasteiger partial charge on any atom is -0.496 e. The summed E-state index contributed by atoms with van der Waals surface area (Å²) in [6, 6.07) is 2.58. The molecule has 0 saturated carbocycles. The van der Waals surface area contributed by atoms with Crippen LogP contribution in [0.25, 0.3) is 0 Å². The number of nitrogens with zero attached hydrogens (tertiary/aromatic N) is 1. The van der Waals surface area contributed by atoms with Crippen LogP contribution in [0.2, 0.25) is 0 Å². The normalized spacial score (nSPS) is 16.4. The van der Waals surface area contributed by atoms with E-state index in [1.807, 2.05) is 20.8 Å². The molecule has 0 aromatic heterocycles. The van der Waals surface area contributed by atoms with Crippen LogP contribution in [0.5, 0.6) is 5.75 Å². The van der Waals surface area contributed by atoms with E-state index in [0.29, 0.717) is 30.8 Å². The van der Waals surface area contributed by atoms with Gasteiger partial charge in [-0.2, -0.15) is 4.72 Å². The number of carbonyl (C=O) groups excluding carboxylic acids is 1. The molecule has 0 spiro atoms. The smallest absolute Gasteiger partial charge is 0.241 e. The van der Waals surface area contributed by atoms with Gasteiger partial charge in [0.2, 0.25) is 15.9 Å². The van der Waals surface area contributed by atoms with Crippen molar-refractivity contribution in [3.63, 3.8) is 0 Å². The molecule has 152 valence electrons. The first kappa shape index (κ1) is 21.7. The molecule has 0 unspecified atom stereocenters. The first-order valence-electron chi connectivity index (χ1n) is 9.62. The quantitative estimate of drug-likeness (QED) is 0.769. The van der Waals surface area contributed by atoms with Crippen LogP contribution in [0.4, 0.5) is 0 Å². The molecule has 1 aliphatic rings. The Labute approximate surface area is 163 Å². The summed E-state index contributed by atoms with van der Waals surface area (Å²) in [7, 11) is -2.26. The third kappa shape index (κ3) is 5.45. The summed E-state index contributed by atoms with van der Waals surface area (Å²) in [6.07, 6.45) is 3.55. The summed E-state index contributed by atoms with van der Waals surface area (Å²) >= 11 is 0. The van der Waals surface area contributed by atoms with Gasteiger partial charge in [0.05, 0.1) is 12.0 Å². The first-order chi connectivity index (χ1) is 12.7. The maximum Gasteiger partial charge on any atom is 0.241 e. The van der Waals surface area contributed by atoms with E-state index < -0.39 is 16.1 Å². The van der Waals surface area contributed by atoms with Crippen molar-refractivity contribution in [3.05, 3.63) is 23.3 Å². The number of rotatable bonds is 7. The van der Waals surface area contributed by atoms with Crippen LogP contribution in [-0.4, -0.2) is 45.5 Å². The average molecular weight is 397 g/mol. The Bertz CT molecular complexity index is 768. The van der Waals surface area contributed by atoms with Gasteiger partial charge in [0.25, 0.3) is 0 Å². The zero-order chi connectivity index (χ0) is 20.2. The number of sulfonamides is 1. The average Bonchev–Trinajstić information content (AvgIpc) is 2.62. The van der Waals surface area contributed by atoms with Crippen LogP contribution in [-0.2, 0) is 14.8 Å². The number of nitrogens with one attached hydrogen (secondary N) is 1. The van der Waals surface area contributed by atoms with Crippen LogP contribution in [0.15, 0.2) is 17.0 Å². The van der Waals surface area contributed by atoms with Gasteiger partial charge in [-0.25, -0.2) is 8.42 Å². The number of aryl methyl sites for hydroxylation is 2. The van der Waals surface area contributed by atoms with E-state index in [4.69, 9.17) is 4.74 Å². The Balaban J connectivity index is 2.29. The van der Waals surface area contributed by atoms with Gasteiger partial charge in [-0.05, 0) is 68.7 Å². The van der Waals surface area contributed by atoms with Crippen molar-refractivity contribution in [1.82, 2.24) is 9.62 Å². The lowest BCUT2D eigenvalue weighted by molar-refractivity contribution is -0.134. The Hall–Kier alpha value is -1.60. The van der Waals surface area contributed by atoms with Gasteiger partial charge in [0, 0.05) is 13.1 Å². The SMILES string of the molecule is COc1cc(C)c(S(=O)(=O)N[C@H](CC(C)C)C(=O)N2CCCCC2)cc1C. The number of piperidine rings is 1. The predicted octanol–water partition coefficient (Wildman–Crippen LogP) is 3.02. The number of likely N-dealkylation sites (tertiary alicyclic amines) is 1. The molecular formula is C20H32N2O4S. The second-order valence-electron chi connectivity index (χ2n) is 7.78. The summed E-state index contributed by atoms with van der Waals surface area (Å²) in [4.78, 5) is 15.0. The molecule has 0 bridgehead atoms. The lowest BCUT2D eigenvalue weighted by Crippen LogP contribution is -2.50. The second kappa shape index (κ2) is 9.06. The van der Waals surface area contributed by atoms with Gasteiger partial charge in [0.15, 0.2) is 0 Å². The number of amides is 1. The Morgan fingerprint density at radius 3 is 2.33 bits per heavy atom. The minimum atomic E-state index is -3.82. The van der Waals surface area contributed by atoms with Gasteiger partial charge >= 0.3 is 0 Å². The third-order valence-corrected chi connectivity index (χ3v) is 6.57. The Kier molecular flexibility index (Phi) is 7.28. The van der Waals surface area contributed by atoms with Crippen molar-refractivity contribution in [3.8, 4) is 5.75 Å². The van der Waals surface area contributed by atoms with Gasteiger partial charge in [-0.15, -0.1) is 0 Å². The van der Waals surface area contributed by atoms with E-state index in [-0.39, 0.29) is 16.7 Å². The maximum atomic E-state index is 13.1. The Morgan fingerprint density at radius 1 is 1.15 bits per heavy atom. The molecule has 0 aliphatic carbocycles. The fourth-order valence-corrected chi connectivity index (χ4v) is 5.04. The van der Waals surface area contributed by atoms with E-state index >= 15 is 0 Å². The highest BCUT2D eigenvalue weighted by atomic mass is 32.2. The highest BCUT2D eigenvalue weighted by Gasteiger charge is 2.31. The van der Waals surface area contributed by atoms with Crippen LogP contribution < -0.4 is 9.46 Å². The molecule has 1 amide bonds. The Morgan fingerprint density at radius 2 is 1.78 bits per heavy atom. The van der Waals surface area contributed by atoms with E-state index in [1.54, 1.807) is 31.1 Å². The topological polar surface area (TPSA) is 75.7 Å². The molecule has 1 saturated heterocycles. The van der Waals surface area contributed by atoms with Crippen molar-refractivity contribution in [2.45, 2.75) is 64.3 Å². The summed E-state index contributed by atoms with van der Waals surface area (Å²) in [5, 5.41) is 0. The van der Waals surface area contributed by atoms with Crippen LogP contribution in [0.1, 0.15) is 50.7 Å². The van der Waals surface area contributed by atoms with E-state index in [9.17, 15) is 13.2 Å². The lowest BCUT2D eigenvalue weighted by Gasteiger charge is -2.31. The summed E-state index contributed by atoms with van der Waals surface area (Å²) in [5.74, 6) is 0.731. The zero-order valence-electron chi connectivity index (χ0n) is 17.0. The monoisotopic (exact) mass is 396 g/mol. The molecule has 1 fully saturated rings.